The van der Waals surface area contributed by atoms with Crippen LogP contribution >= 0.6 is 0 Å². The fourth-order valence-corrected chi connectivity index (χ4v) is 7.48. The lowest BCUT2D eigenvalue weighted by Gasteiger charge is -2.33. The van der Waals surface area contributed by atoms with Crippen LogP contribution in [0.4, 0.5) is 0 Å². The summed E-state index contributed by atoms with van der Waals surface area (Å²) in [4.78, 5) is 5.58. The van der Waals surface area contributed by atoms with Crippen molar-refractivity contribution < 1.29 is 13.3 Å². The van der Waals surface area contributed by atoms with E-state index in [-0.39, 0.29) is 6.04 Å². The van der Waals surface area contributed by atoms with Crippen LogP contribution in [0.15, 0.2) is 0 Å². The highest BCUT2D eigenvalue weighted by molar-refractivity contribution is 8.07. The van der Waals surface area contributed by atoms with Gasteiger partial charge in [0.1, 0.15) is 0 Å². The molecule has 0 radical (unpaired) electrons. The first-order chi connectivity index (χ1) is 7.25. The maximum absolute atomic E-state index is 12.1. The van der Waals surface area contributed by atoms with E-state index in [1.54, 1.807) is 0 Å². The van der Waals surface area contributed by atoms with Crippen molar-refractivity contribution in [3.63, 3.8) is 0 Å². The number of piperidine rings is 1. The normalized spacial score (nSPS) is 51.1. The van der Waals surface area contributed by atoms with Crippen molar-refractivity contribution in [1.29, 1.82) is 0 Å². The Hall–Kier alpha value is 0.220. The van der Waals surface area contributed by atoms with Crippen LogP contribution < -0.4 is 0 Å². The molecule has 0 saturated carbocycles. The molecular formula is C9H15NO3S2. The first-order valence-corrected chi connectivity index (χ1v) is 8.05. The van der Waals surface area contributed by atoms with Crippen LogP contribution in [0, 0.1) is 0 Å². The fraction of sp³-hybridized carbons (Fsp3) is 1.00. The minimum Gasteiger partial charge on any atom is -0.296 e. The molecule has 4 nitrogen and oxygen atoms in total. The van der Waals surface area contributed by atoms with Crippen molar-refractivity contribution in [3.05, 3.63) is 0 Å². The Kier molecular flexibility index (Phi) is 2.50. The zero-order valence-corrected chi connectivity index (χ0v) is 10.1. The van der Waals surface area contributed by atoms with Crippen LogP contribution in [-0.4, -0.2) is 48.3 Å². The number of hydrogen-bond acceptors (Lipinski definition) is 4. The Morgan fingerprint density at radius 2 is 1.93 bits per heavy atom. The van der Waals surface area contributed by atoms with Gasteiger partial charge in [0.25, 0.3) is 0 Å². The van der Waals surface area contributed by atoms with Crippen LogP contribution in [-0.2, 0) is 26.4 Å². The van der Waals surface area contributed by atoms with Crippen LogP contribution in [0.25, 0.3) is 0 Å². The second-order valence-corrected chi connectivity index (χ2v) is 8.25. The van der Waals surface area contributed by atoms with Crippen LogP contribution in [0.5, 0.6) is 0 Å². The lowest BCUT2D eigenvalue weighted by molar-refractivity contribution is -0.142. The molecule has 3 rings (SSSR count). The van der Waals surface area contributed by atoms with Gasteiger partial charge in [-0.3, -0.25) is 13.3 Å². The SMILES string of the molecule is O=[S@@]1CC[S@](=O)C12CON1CCCC[C@@H]12. The van der Waals surface area contributed by atoms with Crippen molar-refractivity contribution in [2.75, 3.05) is 24.7 Å². The Balaban J connectivity index is 1.98. The van der Waals surface area contributed by atoms with Gasteiger partial charge in [-0.2, -0.15) is 5.06 Å². The molecule has 3 heterocycles. The van der Waals surface area contributed by atoms with Crippen LogP contribution in [0.1, 0.15) is 19.3 Å². The Labute approximate surface area is 94.2 Å². The molecule has 0 N–H and O–H groups in total. The standard InChI is InChI=1S/C9H15NO3S2/c11-14-5-6-15(12)9(14)7-13-10-4-2-1-3-8(9)10/h8H,1-7H2/t8-,9?,14-,15+/m1/s1. The first-order valence-electron chi connectivity index (χ1n) is 5.42. The van der Waals surface area contributed by atoms with E-state index >= 15 is 0 Å². The second kappa shape index (κ2) is 3.61. The monoisotopic (exact) mass is 249 g/mol. The smallest absolute Gasteiger partial charge is 0.163 e. The number of nitrogens with zero attached hydrogens (tertiary/aromatic N) is 1. The van der Waals surface area contributed by atoms with Crippen molar-refractivity contribution in [1.82, 2.24) is 5.06 Å². The van der Waals surface area contributed by atoms with Crippen LogP contribution in [0.2, 0.25) is 0 Å². The molecule has 3 aliphatic rings. The van der Waals surface area contributed by atoms with E-state index in [1.165, 1.54) is 0 Å². The van der Waals surface area contributed by atoms with E-state index in [0.29, 0.717) is 18.1 Å². The molecule has 0 bridgehead atoms. The fourth-order valence-electron chi connectivity index (χ4n) is 2.80. The largest absolute Gasteiger partial charge is 0.296 e. The zero-order chi connectivity index (χ0) is 10.5. The maximum atomic E-state index is 12.1. The summed E-state index contributed by atoms with van der Waals surface area (Å²) >= 11 is 0. The Morgan fingerprint density at radius 3 is 2.67 bits per heavy atom. The van der Waals surface area contributed by atoms with Gasteiger partial charge in [-0.05, 0) is 12.8 Å². The lowest BCUT2D eigenvalue weighted by atomic mass is 10.0. The third-order valence-electron chi connectivity index (χ3n) is 3.62. The molecule has 0 aromatic carbocycles. The van der Waals surface area contributed by atoms with Gasteiger partial charge in [-0.15, -0.1) is 0 Å². The molecular weight excluding hydrogens is 234 g/mol. The highest BCUT2D eigenvalue weighted by Gasteiger charge is 2.60. The molecule has 15 heavy (non-hydrogen) atoms. The second-order valence-electron chi connectivity index (χ2n) is 4.34. The molecule has 3 saturated heterocycles. The average molecular weight is 249 g/mol. The van der Waals surface area contributed by atoms with Crippen molar-refractivity contribution in [2.45, 2.75) is 29.4 Å². The Morgan fingerprint density at radius 1 is 1.20 bits per heavy atom. The third kappa shape index (κ3) is 1.31. The van der Waals surface area contributed by atoms with Crippen molar-refractivity contribution >= 4 is 21.6 Å². The molecule has 4 atom stereocenters. The predicted octanol–water partition coefficient (Wildman–Crippen LogP) is -0.00660. The van der Waals surface area contributed by atoms with Gasteiger partial charge < -0.3 is 0 Å². The number of rotatable bonds is 0. The van der Waals surface area contributed by atoms with E-state index in [0.717, 1.165) is 25.8 Å². The molecule has 1 spiro atoms. The highest BCUT2D eigenvalue weighted by atomic mass is 32.3. The summed E-state index contributed by atoms with van der Waals surface area (Å²) in [5.41, 5.74) is 0. The van der Waals surface area contributed by atoms with Crippen LogP contribution in [0.3, 0.4) is 0 Å². The molecule has 3 aliphatic heterocycles. The van der Waals surface area contributed by atoms with Gasteiger partial charge in [-0.1, -0.05) is 6.42 Å². The molecule has 86 valence electrons. The molecule has 0 aliphatic carbocycles. The molecule has 1 unspecified atom stereocenters. The van der Waals surface area contributed by atoms with Gasteiger partial charge in [0.05, 0.1) is 12.6 Å². The summed E-state index contributed by atoms with van der Waals surface area (Å²) < 4.78 is 23.6. The van der Waals surface area contributed by atoms with Gasteiger partial charge in [0, 0.05) is 39.6 Å². The molecule has 0 amide bonds. The minimum absolute atomic E-state index is 0.135. The summed E-state index contributed by atoms with van der Waals surface area (Å²) in [5.74, 6) is 1.17. The van der Waals surface area contributed by atoms with Crippen molar-refractivity contribution in [3.8, 4) is 0 Å². The molecule has 6 heteroatoms. The van der Waals surface area contributed by atoms with E-state index < -0.39 is 25.7 Å². The van der Waals surface area contributed by atoms with Gasteiger partial charge in [-0.25, -0.2) is 0 Å². The first kappa shape index (κ1) is 10.4. The zero-order valence-electron chi connectivity index (χ0n) is 8.52. The highest BCUT2D eigenvalue weighted by Crippen LogP contribution is 2.42. The third-order valence-corrected chi connectivity index (χ3v) is 8.46. The minimum atomic E-state index is -0.972. The summed E-state index contributed by atoms with van der Waals surface area (Å²) in [6, 6.07) is 0.135. The average Bonchev–Trinajstić information content (AvgIpc) is 2.77. The lowest BCUT2D eigenvalue weighted by Crippen LogP contribution is -2.50. The molecule has 0 aromatic rings. The molecule has 0 aromatic heterocycles. The summed E-state index contributed by atoms with van der Waals surface area (Å²) in [7, 11) is -1.94. The van der Waals surface area contributed by atoms with Gasteiger partial charge in [0.15, 0.2) is 4.08 Å². The van der Waals surface area contributed by atoms with Gasteiger partial charge >= 0.3 is 0 Å². The number of hydrogen-bond donors (Lipinski definition) is 0. The van der Waals surface area contributed by atoms with Crippen molar-refractivity contribution in [2.24, 2.45) is 0 Å². The maximum Gasteiger partial charge on any atom is 0.163 e. The number of fused-ring (bicyclic) bond motifs is 2. The summed E-state index contributed by atoms with van der Waals surface area (Å²) in [5, 5.41) is 1.94. The summed E-state index contributed by atoms with van der Waals surface area (Å²) in [6.45, 7) is 1.30. The number of hydroxylamine groups is 2. The topological polar surface area (TPSA) is 46.6 Å². The van der Waals surface area contributed by atoms with E-state index in [1.807, 2.05) is 5.06 Å². The summed E-state index contributed by atoms with van der Waals surface area (Å²) in [6.07, 6.45) is 3.25. The quantitative estimate of drug-likeness (QED) is 0.606. The Bertz CT molecular complexity index is 317. The van der Waals surface area contributed by atoms with E-state index in [4.69, 9.17) is 4.84 Å². The van der Waals surface area contributed by atoms with Gasteiger partial charge in [0.2, 0.25) is 0 Å². The van der Waals surface area contributed by atoms with E-state index in [2.05, 4.69) is 0 Å². The molecule has 3 fully saturated rings. The predicted molar refractivity (Wildman–Crippen MR) is 59.0 cm³/mol. The van der Waals surface area contributed by atoms with E-state index in [9.17, 15) is 8.42 Å².